The van der Waals surface area contributed by atoms with E-state index in [-0.39, 0.29) is 5.75 Å². The van der Waals surface area contributed by atoms with Crippen molar-refractivity contribution < 1.29 is 5.11 Å². The summed E-state index contributed by atoms with van der Waals surface area (Å²) in [4.78, 5) is 0. The Labute approximate surface area is 99.1 Å². The highest BCUT2D eigenvalue weighted by Gasteiger charge is 2.04. The zero-order valence-electron chi connectivity index (χ0n) is 7.64. The SMILES string of the molecule is Oc1c(Br)cccc1CNc1nncs1. The summed E-state index contributed by atoms with van der Waals surface area (Å²) in [5, 5.41) is 21.1. The van der Waals surface area contributed by atoms with Crippen LogP contribution in [0, 0.1) is 0 Å². The third kappa shape index (κ3) is 2.45. The first-order valence-corrected chi connectivity index (χ1v) is 5.91. The Kier molecular flexibility index (Phi) is 3.17. The molecular formula is C9H8BrN3OS. The Balaban J connectivity index is 2.08. The van der Waals surface area contributed by atoms with Gasteiger partial charge in [0.05, 0.1) is 4.47 Å². The first-order chi connectivity index (χ1) is 7.27. The standard InChI is InChI=1S/C9H8BrN3OS/c10-7-3-1-2-6(8(7)14)4-11-9-13-12-5-15-9/h1-3,5,14H,4H2,(H,11,13). The van der Waals surface area contributed by atoms with E-state index >= 15 is 0 Å². The normalized spacial score (nSPS) is 10.2. The van der Waals surface area contributed by atoms with Crippen LogP contribution in [0.25, 0.3) is 0 Å². The number of aromatic hydroxyl groups is 1. The van der Waals surface area contributed by atoms with Gasteiger partial charge in [-0.05, 0) is 22.0 Å². The van der Waals surface area contributed by atoms with E-state index in [1.165, 1.54) is 11.3 Å². The highest BCUT2D eigenvalue weighted by atomic mass is 79.9. The summed E-state index contributed by atoms with van der Waals surface area (Å²) in [7, 11) is 0. The number of phenolic OH excluding ortho intramolecular Hbond substituents is 1. The summed E-state index contributed by atoms with van der Waals surface area (Å²) >= 11 is 4.69. The Morgan fingerprint density at radius 1 is 1.47 bits per heavy atom. The van der Waals surface area contributed by atoms with E-state index in [1.807, 2.05) is 12.1 Å². The van der Waals surface area contributed by atoms with E-state index < -0.39 is 0 Å². The van der Waals surface area contributed by atoms with Crippen LogP contribution in [0.3, 0.4) is 0 Å². The molecule has 0 aliphatic heterocycles. The van der Waals surface area contributed by atoms with Gasteiger partial charge in [-0.2, -0.15) is 0 Å². The zero-order chi connectivity index (χ0) is 10.7. The third-order valence-corrected chi connectivity index (χ3v) is 3.15. The molecule has 1 aromatic heterocycles. The van der Waals surface area contributed by atoms with Gasteiger partial charge in [0.1, 0.15) is 11.3 Å². The quantitative estimate of drug-likeness (QED) is 0.910. The molecule has 0 spiro atoms. The van der Waals surface area contributed by atoms with Crippen LogP contribution < -0.4 is 5.32 Å². The van der Waals surface area contributed by atoms with Crippen LogP contribution in [0.15, 0.2) is 28.2 Å². The second-order valence-corrected chi connectivity index (χ2v) is 4.53. The molecule has 4 nitrogen and oxygen atoms in total. The monoisotopic (exact) mass is 285 g/mol. The van der Waals surface area contributed by atoms with Crippen LogP contribution in [0.5, 0.6) is 5.75 Å². The second-order valence-electron chi connectivity index (χ2n) is 2.85. The van der Waals surface area contributed by atoms with Gasteiger partial charge in [0.25, 0.3) is 0 Å². The minimum Gasteiger partial charge on any atom is -0.506 e. The summed E-state index contributed by atoms with van der Waals surface area (Å²) in [5.74, 6) is 0.259. The van der Waals surface area contributed by atoms with Crippen LogP contribution in [0.1, 0.15) is 5.56 Å². The van der Waals surface area contributed by atoms with Gasteiger partial charge in [0, 0.05) is 12.1 Å². The average molecular weight is 286 g/mol. The minimum absolute atomic E-state index is 0.259. The predicted octanol–water partition coefficient (Wildman–Crippen LogP) is 2.62. The molecular weight excluding hydrogens is 278 g/mol. The topological polar surface area (TPSA) is 58.0 Å². The van der Waals surface area contributed by atoms with Gasteiger partial charge < -0.3 is 10.4 Å². The molecule has 15 heavy (non-hydrogen) atoms. The number of nitrogens with zero attached hydrogens (tertiary/aromatic N) is 2. The minimum atomic E-state index is 0.259. The maximum atomic E-state index is 9.71. The highest BCUT2D eigenvalue weighted by molar-refractivity contribution is 9.10. The van der Waals surface area contributed by atoms with Crippen molar-refractivity contribution in [2.24, 2.45) is 0 Å². The summed E-state index contributed by atoms with van der Waals surface area (Å²) in [6.07, 6.45) is 0. The fourth-order valence-corrected chi connectivity index (χ4v) is 1.97. The van der Waals surface area contributed by atoms with Gasteiger partial charge in [-0.15, -0.1) is 10.2 Å². The number of rotatable bonds is 3. The molecule has 1 aromatic carbocycles. The molecule has 2 rings (SSSR count). The van der Waals surface area contributed by atoms with Gasteiger partial charge in [0.15, 0.2) is 0 Å². The number of aromatic nitrogens is 2. The van der Waals surface area contributed by atoms with Crippen molar-refractivity contribution in [3.63, 3.8) is 0 Å². The zero-order valence-corrected chi connectivity index (χ0v) is 10.0. The fraction of sp³-hybridized carbons (Fsp3) is 0.111. The summed E-state index contributed by atoms with van der Waals surface area (Å²) in [6, 6.07) is 5.53. The van der Waals surface area contributed by atoms with Crippen molar-refractivity contribution in [3.05, 3.63) is 33.7 Å². The maximum Gasteiger partial charge on any atom is 0.205 e. The fourth-order valence-electron chi connectivity index (χ4n) is 1.12. The lowest BCUT2D eigenvalue weighted by Gasteiger charge is -2.06. The number of phenols is 1. The molecule has 0 bridgehead atoms. The largest absolute Gasteiger partial charge is 0.506 e. The molecule has 0 unspecified atom stereocenters. The van der Waals surface area contributed by atoms with E-state index in [0.29, 0.717) is 11.0 Å². The highest BCUT2D eigenvalue weighted by Crippen LogP contribution is 2.27. The van der Waals surface area contributed by atoms with Crippen LogP contribution in [-0.2, 0) is 6.54 Å². The van der Waals surface area contributed by atoms with Crippen LogP contribution in [-0.4, -0.2) is 15.3 Å². The molecule has 2 N–H and O–H groups in total. The van der Waals surface area contributed by atoms with Gasteiger partial charge in [-0.25, -0.2) is 0 Å². The van der Waals surface area contributed by atoms with Crippen molar-refractivity contribution in [2.45, 2.75) is 6.54 Å². The van der Waals surface area contributed by atoms with Crippen LogP contribution in [0.2, 0.25) is 0 Å². The first-order valence-electron chi connectivity index (χ1n) is 4.24. The summed E-state index contributed by atoms with van der Waals surface area (Å²) in [5.41, 5.74) is 2.47. The van der Waals surface area contributed by atoms with Crippen molar-refractivity contribution in [3.8, 4) is 5.75 Å². The lowest BCUT2D eigenvalue weighted by atomic mass is 10.2. The van der Waals surface area contributed by atoms with Gasteiger partial charge in [-0.1, -0.05) is 23.5 Å². The first kappa shape index (κ1) is 10.4. The molecule has 78 valence electrons. The molecule has 0 saturated heterocycles. The lowest BCUT2D eigenvalue weighted by molar-refractivity contribution is 0.465. The molecule has 0 amide bonds. The van der Waals surface area contributed by atoms with Crippen molar-refractivity contribution in [2.75, 3.05) is 5.32 Å². The van der Waals surface area contributed by atoms with E-state index in [2.05, 4.69) is 31.4 Å². The molecule has 0 aliphatic carbocycles. The van der Waals surface area contributed by atoms with Crippen molar-refractivity contribution in [1.82, 2.24) is 10.2 Å². The molecule has 6 heteroatoms. The number of halogens is 1. The molecule has 0 fully saturated rings. The van der Waals surface area contributed by atoms with Crippen molar-refractivity contribution >= 4 is 32.4 Å². The van der Waals surface area contributed by atoms with Gasteiger partial charge in [0.2, 0.25) is 5.13 Å². The van der Waals surface area contributed by atoms with Crippen molar-refractivity contribution in [1.29, 1.82) is 0 Å². The maximum absolute atomic E-state index is 9.71. The smallest absolute Gasteiger partial charge is 0.205 e. The predicted molar refractivity (Wildman–Crippen MR) is 63.0 cm³/mol. The third-order valence-electron chi connectivity index (χ3n) is 1.86. The summed E-state index contributed by atoms with van der Waals surface area (Å²) in [6.45, 7) is 0.528. The molecule has 1 heterocycles. The number of anilines is 1. The van der Waals surface area contributed by atoms with Gasteiger partial charge in [-0.3, -0.25) is 0 Å². The molecule has 2 aromatic rings. The number of para-hydroxylation sites is 1. The van der Waals surface area contributed by atoms with E-state index in [9.17, 15) is 5.11 Å². The molecule has 0 saturated carbocycles. The number of hydrogen-bond donors (Lipinski definition) is 2. The number of benzene rings is 1. The van der Waals surface area contributed by atoms with E-state index in [4.69, 9.17) is 0 Å². The van der Waals surface area contributed by atoms with E-state index in [1.54, 1.807) is 11.6 Å². The molecule has 0 aliphatic rings. The average Bonchev–Trinajstić information content (AvgIpc) is 2.73. The number of hydrogen-bond acceptors (Lipinski definition) is 5. The number of nitrogens with one attached hydrogen (secondary N) is 1. The van der Waals surface area contributed by atoms with Gasteiger partial charge >= 0.3 is 0 Å². The molecule has 0 radical (unpaired) electrons. The Hall–Kier alpha value is -1.14. The lowest BCUT2D eigenvalue weighted by Crippen LogP contribution is -1.99. The van der Waals surface area contributed by atoms with Crippen LogP contribution >= 0.6 is 27.3 Å². The van der Waals surface area contributed by atoms with Crippen LogP contribution in [0.4, 0.5) is 5.13 Å². The summed E-state index contributed by atoms with van der Waals surface area (Å²) < 4.78 is 0.694. The van der Waals surface area contributed by atoms with E-state index in [0.717, 1.165) is 10.7 Å². The molecule has 0 atom stereocenters. The Bertz CT molecular complexity index is 447. The Morgan fingerprint density at radius 2 is 2.33 bits per heavy atom. The second kappa shape index (κ2) is 4.59. The Morgan fingerprint density at radius 3 is 3.07 bits per heavy atom.